The first-order chi connectivity index (χ1) is 9.58. The number of rotatable bonds is 3. The molecule has 0 radical (unpaired) electrons. The summed E-state index contributed by atoms with van der Waals surface area (Å²) >= 11 is 0. The van der Waals surface area contributed by atoms with E-state index in [0.717, 1.165) is 12.0 Å². The second kappa shape index (κ2) is 5.94. The largest absolute Gasteiger partial charge is 0.496 e. The molecule has 1 amide bonds. The average Bonchev–Trinajstić information content (AvgIpc) is 2.95. The van der Waals surface area contributed by atoms with Crippen LogP contribution < -0.4 is 4.74 Å². The average molecular weight is 277 g/mol. The predicted molar refractivity (Wildman–Crippen MR) is 73.8 cm³/mol. The van der Waals surface area contributed by atoms with Gasteiger partial charge in [0.25, 0.3) is 5.91 Å². The smallest absolute Gasteiger partial charge is 0.328 e. The predicted octanol–water partition coefficient (Wildman–Crippen LogP) is 1.78. The van der Waals surface area contributed by atoms with Crippen LogP contribution in [0.25, 0.3) is 0 Å². The van der Waals surface area contributed by atoms with Crippen LogP contribution in [0.1, 0.15) is 28.8 Å². The maximum Gasteiger partial charge on any atom is 0.328 e. The van der Waals surface area contributed by atoms with E-state index >= 15 is 0 Å². The molecule has 1 aromatic rings. The lowest BCUT2D eigenvalue weighted by Crippen LogP contribution is -2.41. The molecule has 1 aliphatic heterocycles. The van der Waals surface area contributed by atoms with Crippen molar-refractivity contribution in [3.8, 4) is 5.75 Å². The van der Waals surface area contributed by atoms with Gasteiger partial charge in [0.1, 0.15) is 11.8 Å². The highest BCUT2D eigenvalue weighted by atomic mass is 16.5. The van der Waals surface area contributed by atoms with Crippen LogP contribution in [0.4, 0.5) is 0 Å². The van der Waals surface area contributed by atoms with Crippen molar-refractivity contribution in [1.82, 2.24) is 4.90 Å². The van der Waals surface area contributed by atoms with Gasteiger partial charge in [-0.3, -0.25) is 4.79 Å². The molecule has 0 N–H and O–H groups in total. The molecule has 0 bridgehead atoms. The van der Waals surface area contributed by atoms with Crippen molar-refractivity contribution >= 4 is 11.9 Å². The van der Waals surface area contributed by atoms with Gasteiger partial charge in [0, 0.05) is 12.1 Å². The summed E-state index contributed by atoms with van der Waals surface area (Å²) in [4.78, 5) is 25.8. The molecule has 1 fully saturated rings. The normalized spacial score (nSPS) is 17.9. The van der Waals surface area contributed by atoms with E-state index in [1.165, 1.54) is 7.11 Å². The number of esters is 1. The molecule has 1 atom stereocenters. The van der Waals surface area contributed by atoms with Gasteiger partial charge in [-0.05, 0) is 37.5 Å². The van der Waals surface area contributed by atoms with E-state index < -0.39 is 6.04 Å². The number of methoxy groups -OCH3 is 2. The first kappa shape index (κ1) is 14.4. The van der Waals surface area contributed by atoms with Crippen molar-refractivity contribution in [2.45, 2.75) is 25.8 Å². The highest BCUT2D eigenvalue weighted by Crippen LogP contribution is 2.24. The maximum atomic E-state index is 12.5. The summed E-state index contributed by atoms with van der Waals surface area (Å²) in [5.41, 5.74) is 1.50. The summed E-state index contributed by atoms with van der Waals surface area (Å²) in [6, 6.07) is 4.84. The summed E-state index contributed by atoms with van der Waals surface area (Å²) in [6.45, 7) is 2.50. The van der Waals surface area contributed by atoms with E-state index in [2.05, 4.69) is 0 Å². The molecule has 0 aromatic heterocycles. The standard InChI is InChI=1S/C15H19NO4/c1-10-6-7-11(9-13(10)19-2)14(17)16-8-4-5-12(16)15(18)20-3/h6-7,9,12H,4-5,8H2,1-3H3. The fourth-order valence-electron chi connectivity index (χ4n) is 2.51. The van der Waals surface area contributed by atoms with Crippen molar-refractivity contribution in [1.29, 1.82) is 0 Å². The van der Waals surface area contributed by atoms with E-state index in [0.29, 0.717) is 24.3 Å². The third-order valence-electron chi connectivity index (χ3n) is 3.64. The SMILES string of the molecule is COC(=O)C1CCCN1C(=O)c1ccc(C)c(OC)c1. The molecular weight excluding hydrogens is 258 g/mol. The summed E-state index contributed by atoms with van der Waals surface area (Å²) in [5, 5.41) is 0. The van der Waals surface area contributed by atoms with E-state index in [4.69, 9.17) is 9.47 Å². The molecule has 1 aromatic carbocycles. The number of amides is 1. The van der Waals surface area contributed by atoms with Gasteiger partial charge in [0.15, 0.2) is 0 Å². The minimum absolute atomic E-state index is 0.156. The number of nitrogens with zero attached hydrogens (tertiary/aromatic N) is 1. The lowest BCUT2D eigenvalue weighted by Gasteiger charge is -2.23. The molecule has 1 unspecified atom stereocenters. The molecule has 0 saturated carbocycles. The molecule has 108 valence electrons. The second-order valence-electron chi connectivity index (χ2n) is 4.86. The first-order valence-corrected chi connectivity index (χ1v) is 6.62. The summed E-state index contributed by atoms with van der Waals surface area (Å²) in [7, 11) is 2.92. The van der Waals surface area contributed by atoms with Crippen molar-refractivity contribution in [2.24, 2.45) is 0 Å². The van der Waals surface area contributed by atoms with Crippen LogP contribution in [-0.4, -0.2) is 43.6 Å². The Kier molecular flexibility index (Phi) is 4.27. The van der Waals surface area contributed by atoms with Gasteiger partial charge in [-0.25, -0.2) is 4.79 Å². The van der Waals surface area contributed by atoms with Crippen molar-refractivity contribution < 1.29 is 19.1 Å². The second-order valence-corrected chi connectivity index (χ2v) is 4.86. The molecule has 1 saturated heterocycles. The highest BCUT2D eigenvalue weighted by molar-refractivity contribution is 5.97. The Morgan fingerprint density at radius 1 is 1.30 bits per heavy atom. The molecule has 5 nitrogen and oxygen atoms in total. The van der Waals surface area contributed by atoms with Crippen LogP contribution in [0, 0.1) is 6.92 Å². The zero-order valence-electron chi connectivity index (χ0n) is 12.0. The summed E-state index contributed by atoms with van der Waals surface area (Å²) < 4.78 is 9.99. The number of ether oxygens (including phenoxy) is 2. The minimum atomic E-state index is -0.472. The Labute approximate surface area is 118 Å². The molecule has 20 heavy (non-hydrogen) atoms. The summed E-state index contributed by atoms with van der Waals surface area (Å²) in [5.74, 6) is 0.163. The molecule has 1 heterocycles. The Morgan fingerprint density at radius 3 is 2.70 bits per heavy atom. The Bertz CT molecular complexity index is 527. The molecule has 5 heteroatoms. The quantitative estimate of drug-likeness (QED) is 0.790. The van der Waals surface area contributed by atoms with Crippen LogP contribution >= 0.6 is 0 Å². The van der Waals surface area contributed by atoms with E-state index in [9.17, 15) is 9.59 Å². The zero-order chi connectivity index (χ0) is 14.7. The fraction of sp³-hybridized carbons (Fsp3) is 0.467. The summed E-state index contributed by atoms with van der Waals surface area (Å²) in [6.07, 6.45) is 1.47. The van der Waals surface area contributed by atoms with Crippen molar-refractivity contribution in [2.75, 3.05) is 20.8 Å². The number of hydrogen-bond acceptors (Lipinski definition) is 4. The molecule has 1 aliphatic rings. The van der Waals surface area contributed by atoms with Crippen molar-refractivity contribution in [3.05, 3.63) is 29.3 Å². The van der Waals surface area contributed by atoms with Crippen LogP contribution in [0.3, 0.4) is 0 Å². The Morgan fingerprint density at radius 2 is 2.05 bits per heavy atom. The van der Waals surface area contributed by atoms with Gasteiger partial charge in [0.2, 0.25) is 0 Å². The minimum Gasteiger partial charge on any atom is -0.496 e. The number of likely N-dealkylation sites (tertiary alicyclic amines) is 1. The Balaban J connectivity index is 2.24. The van der Waals surface area contributed by atoms with Crippen LogP contribution in [-0.2, 0) is 9.53 Å². The third-order valence-corrected chi connectivity index (χ3v) is 3.64. The van der Waals surface area contributed by atoms with Gasteiger partial charge in [-0.1, -0.05) is 6.07 Å². The lowest BCUT2D eigenvalue weighted by molar-refractivity contribution is -0.145. The Hall–Kier alpha value is -2.04. The molecular formula is C15H19NO4. The van der Waals surface area contributed by atoms with Gasteiger partial charge in [-0.2, -0.15) is 0 Å². The van der Waals surface area contributed by atoms with Crippen LogP contribution in [0.5, 0.6) is 5.75 Å². The van der Waals surface area contributed by atoms with Gasteiger partial charge in [0.05, 0.1) is 14.2 Å². The first-order valence-electron chi connectivity index (χ1n) is 6.62. The number of benzene rings is 1. The third kappa shape index (κ3) is 2.61. The molecule has 2 rings (SSSR count). The fourth-order valence-corrected chi connectivity index (χ4v) is 2.51. The molecule has 0 aliphatic carbocycles. The maximum absolute atomic E-state index is 12.5. The number of aryl methyl sites for hydroxylation is 1. The van der Waals surface area contributed by atoms with Crippen LogP contribution in [0.15, 0.2) is 18.2 Å². The van der Waals surface area contributed by atoms with Gasteiger partial charge < -0.3 is 14.4 Å². The van der Waals surface area contributed by atoms with E-state index in [-0.39, 0.29) is 11.9 Å². The lowest BCUT2D eigenvalue weighted by atomic mass is 10.1. The van der Waals surface area contributed by atoms with E-state index in [1.54, 1.807) is 24.1 Å². The molecule has 0 spiro atoms. The number of carbonyl (C=O) groups excluding carboxylic acids is 2. The topological polar surface area (TPSA) is 55.8 Å². The van der Waals surface area contributed by atoms with E-state index in [1.807, 2.05) is 13.0 Å². The van der Waals surface area contributed by atoms with Crippen LogP contribution in [0.2, 0.25) is 0 Å². The number of carbonyl (C=O) groups is 2. The van der Waals surface area contributed by atoms with Gasteiger partial charge >= 0.3 is 5.97 Å². The zero-order valence-corrected chi connectivity index (χ0v) is 12.0. The van der Waals surface area contributed by atoms with Gasteiger partial charge in [-0.15, -0.1) is 0 Å². The van der Waals surface area contributed by atoms with Crippen molar-refractivity contribution in [3.63, 3.8) is 0 Å². The monoisotopic (exact) mass is 277 g/mol. The highest BCUT2D eigenvalue weighted by Gasteiger charge is 2.35. The number of hydrogen-bond donors (Lipinski definition) is 0.